The van der Waals surface area contributed by atoms with E-state index in [0.717, 1.165) is 5.54 Å². The van der Waals surface area contributed by atoms with E-state index in [1.54, 1.807) is 41.1 Å². The molecule has 2 aliphatic carbocycles. The molecule has 1 aromatic heterocycles. The van der Waals surface area contributed by atoms with Crippen molar-refractivity contribution in [3.8, 4) is 16.8 Å². The summed E-state index contributed by atoms with van der Waals surface area (Å²) in [5, 5.41) is 1.70. The van der Waals surface area contributed by atoms with Gasteiger partial charge >= 0.3 is 118 Å². The van der Waals surface area contributed by atoms with Crippen LogP contribution in [-0.4, -0.2) is 12.6 Å². The van der Waals surface area contributed by atoms with Gasteiger partial charge in [-0.15, -0.1) is 0 Å². The van der Waals surface area contributed by atoms with Gasteiger partial charge < -0.3 is 4.57 Å². The molecule has 0 fully saturated rings. The second-order valence-electron chi connectivity index (χ2n) is 10.5. The number of hydrogen-bond acceptors (Lipinski definition) is 0. The monoisotopic (exact) mass is 546 g/mol. The van der Waals surface area contributed by atoms with Crippen molar-refractivity contribution in [1.29, 1.82) is 0 Å². The zero-order chi connectivity index (χ0) is 24.3. The molecule has 3 heterocycles. The SMILES string of the molecule is CC1=C2c3c(ccn3-c3ccccc3)C1[Si]2(C)C.CC1=Cc2c(-c3ccccc3)cccc2[CH]1[Zr]. The summed E-state index contributed by atoms with van der Waals surface area (Å²) in [5.41, 5.74) is 13.9. The normalized spacial score (nSPS) is 20.4. The van der Waals surface area contributed by atoms with Crippen molar-refractivity contribution < 1.29 is 24.7 Å². The summed E-state index contributed by atoms with van der Waals surface area (Å²) in [6, 6.07) is 30.4. The molecule has 0 spiro atoms. The molecule has 0 amide bonds. The van der Waals surface area contributed by atoms with Crippen molar-refractivity contribution in [1.82, 2.24) is 4.57 Å². The molecular formula is C32H30NSiZr. The van der Waals surface area contributed by atoms with Crippen LogP contribution in [0.4, 0.5) is 0 Å². The van der Waals surface area contributed by atoms with Crippen LogP contribution in [0.25, 0.3) is 28.1 Å². The first-order valence-electron chi connectivity index (χ1n) is 12.5. The Labute approximate surface area is 225 Å². The van der Waals surface area contributed by atoms with Gasteiger partial charge in [0, 0.05) is 23.1 Å². The standard InChI is InChI=1S/C16H17NSi.C16H13.Zr/c1-11-15-13-9-10-17(12-7-5-4-6-8-12)14(13)16(11)18(15,2)3;1-12-10-14-8-5-9-15(16(14)11-12)13-6-3-2-4-7-13;/h4-10,15H,1-3H3;2-11H,1H3;. The van der Waals surface area contributed by atoms with E-state index in [0.29, 0.717) is 3.63 Å². The Morgan fingerprint density at radius 1 is 0.771 bits per heavy atom. The molecule has 4 aliphatic rings. The van der Waals surface area contributed by atoms with Crippen LogP contribution < -0.4 is 0 Å². The van der Waals surface area contributed by atoms with Gasteiger partial charge in [-0.25, -0.2) is 0 Å². The van der Waals surface area contributed by atoms with E-state index in [9.17, 15) is 0 Å². The fourth-order valence-corrected chi connectivity index (χ4v) is 11.7. The van der Waals surface area contributed by atoms with Crippen LogP contribution in [0.15, 0.2) is 102 Å². The van der Waals surface area contributed by atoms with Crippen molar-refractivity contribution in [3.63, 3.8) is 0 Å². The first-order chi connectivity index (χ1) is 16.9. The van der Waals surface area contributed by atoms with Crippen LogP contribution in [0.3, 0.4) is 0 Å². The third-order valence-corrected chi connectivity index (χ3v) is 14.0. The molecule has 171 valence electrons. The van der Waals surface area contributed by atoms with E-state index >= 15 is 0 Å². The van der Waals surface area contributed by atoms with Crippen LogP contribution in [0.1, 0.15) is 45.4 Å². The zero-order valence-electron chi connectivity index (χ0n) is 20.8. The predicted octanol–water partition coefficient (Wildman–Crippen LogP) is 8.51. The third-order valence-electron chi connectivity index (χ3n) is 8.06. The summed E-state index contributed by atoms with van der Waals surface area (Å²) >= 11 is 1.58. The van der Waals surface area contributed by atoms with Crippen molar-refractivity contribution in [2.45, 2.75) is 36.1 Å². The minimum atomic E-state index is -1.17. The molecule has 2 bridgehead atoms. The van der Waals surface area contributed by atoms with Gasteiger partial charge in [0.2, 0.25) is 0 Å². The molecule has 0 saturated heterocycles. The summed E-state index contributed by atoms with van der Waals surface area (Å²) < 4.78 is 3.04. The topological polar surface area (TPSA) is 4.93 Å². The Balaban J connectivity index is 0.000000131. The number of nitrogens with zero attached hydrogens (tertiary/aromatic N) is 1. The molecule has 3 aromatic carbocycles. The van der Waals surface area contributed by atoms with Gasteiger partial charge in [-0.3, -0.25) is 0 Å². The van der Waals surface area contributed by atoms with Crippen molar-refractivity contribution in [2.75, 3.05) is 0 Å². The predicted molar refractivity (Wildman–Crippen MR) is 147 cm³/mol. The molecule has 0 radical (unpaired) electrons. The molecule has 8 rings (SSSR count). The number of aromatic nitrogens is 1. The molecule has 2 atom stereocenters. The Bertz CT molecular complexity index is 1490. The zero-order valence-corrected chi connectivity index (χ0v) is 24.3. The van der Waals surface area contributed by atoms with E-state index in [4.69, 9.17) is 0 Å². The number of allylic oxidation sites excluding steroid dienone is 2. The first kappa shape index (κ1) is 23.0. The number of para-hydroxylation sites is 1. The van der Waals surface area contributed by atoms with E-state index in [-0.39, 0.29) is 0 Å². The third kappa shape index (κ3) is 3.51. The molecule has 2 unspecified atom stereocenters. The van der Waals surface area contributed by atoms with Gasteiger partial charge in [-0.2, -0.15) is 0 Å². The van der Waals surface area contributed by atoms with E-state index in [1.807, 2.05) is 0 Å². The molecule has 35 heavy (non-hydrogen) atoms. The Hall–Kier alpha value is -2.48. The van der Waals surface area contributed by atoms with Gasteiger partial charge in [0.25, 0.3) is 0 Å². The second-order valence-corrected chi connectivity index (χ2v) is 16.5. The van der Waals surface area contributed by atoms with Crippen LogP contribution in [0.2, 0.25) is 13.1 Å². The number of fused-ring (bicyclic) bond motifs is 1. The molecule has 0 saturated carbocycles. The Morgan fingerprint density at radius 3 is 2.14 bits per heavy atom. The molecule has 3 heteroatoms. The quantitative estimate of drug-likeness (QED) is 0.222. The minimum absolute atomic E-state index is 0.654. The average molecular weight is 548 g/mol. The number of rotatable bonds is 2. The Kier molecular flexibility index (Phi) is 5.62. The van der Waals surface area contributed by atoms with Gasteiger partial charge in [0.1, 0.15) is 0 Å². The van der Waals surface area contributed by atoms with Gasteiger partial charge in [0.05, 0.1) is 8.07 Å². The summed E-state index contributed by atoms with van der Waals surface area (Å²) in [7, 11) is -1.17. The first-order valence-corrected chi connectivity index (χ1v) is 16.9. The van der Waals surface area contributed by atoms with Crippen molar-refractivity contribution in [3.05, 3.63) is 125 Å². The summed E-state index contributed by atoms with van der Waals surface area (Å²) in [5.74, 6) is 0. The van der Waals surface area contributed by atoms with E-state index in [2.05, 4.69) is 129 Å². The van der Waals surface area contributed by atoms with Crippen molar-refractivity contribution >= 4 is 19.3 Å². The van der Waals surface area contributed by atoms with Crippen molar-refractivity contribution in [2.24, 2.45) is 0 Å². The van der Waals surface area contributed by atoms with Crippen LogP contribution in [0.5, 0.6) is 0 Å². The molecular weight excluding hydrogens is 518 g/mol. The van der Waals surface area contributed by atoms with Crippen LogP contribution >= 0.6 is 0 Å². The molecule has 2 aliphatic heterocycles. The van der Waals surface area contributed by atoms with Crippen LogP contribution in [-0.2, 0) is 24.7 Å². The second kappa shape index (κ2) is 8.57. The summed E-state index contributed by atoms with van der Waals surface area (Å²) in [6.45, 7) is 9.59. The molecule has 1 nitrogen and oxygen atoms in total. The molecule has 0 N–H and O–H groups in total. The number of benzene rings is 3. The Morgan fingerprint density at radius 2 is 1.46 bits per heavy atom. The summed E-state index contributed by atoms with van der Waals surface area (Å²) in [4.78, 5) is 0. The maximum atomic E-state index is 2.51. The summed E-state index contributed by atoms with van der Waals surface area (Å²) in [6.07, 6.45) is 4.60. The average Bonchev–Trinajstić information content (AvgIpc) is 3.56. The number of hydrogen-bond donors (Lipinski definition) is 0. The fourth-order valence-electron chi connectivity index (χ4n) is 6.54. The van der Waals surface area contributed by atoms with Gasteiger partial charge in [-0.1, -0.05) is 36.9 Å². The maximum absolute atomic E-state index is 2.51. The van der Waals surface area contributed by atoms with Gasteiger partial charge in [-0.05, 0) is 35.9 Å². The van der Waals surface area contributed by atoms with E-state index < -0.39 is 8.07 Å². The fraction of sp³-hybridized carbons (Fsp3) is 0.188. The van der Waals surface area contributed by atoms with Crippen LogP contribution in [0, 0.1) is 0 Å². The molecule has 4 aromatic rings. The van der Waals surface area contributed by atoms with E-state index in [1.165, 1.54) is 39.2 Å². The van der Waals surface area contributed by atoms with Gasteiger partial charge in [0.15, 0.2) is 0 Å².